The van der Waals surface area contributed by atoms with Gasteiger partial charge in [-0.15, -0.1) is 4.68 Å². The molecule has 8 nitrogen and oxygen atoms in total. The van der Waals surface area contributed by atoms with Crippen LogP contribution in [0.2, 0.25) is 5.02 Å². The van der Waals surface area contributed by atoms with Gasteiger partial charge in [-0.3, -0.25) is 14.5 Å². The molecule has 0 spiro atoms. The third kappa shape index (κ3) is 5.27. The number of carbonyl (C=O) groups excluding carboxylic acids is 2. The van der Waals surface area contributed by atoms with Crippen LogP contribution in [0.15, 0.2) is 97.1 Å². The van der Waals surface area contributed by atoms with Crippen molar-refractivity contribution in [2.24, 2.45) is 0 Å². The maximum atomic E-state index is 13.2. The Morgan fingerprint density at radius 3 is 2.09 bits per heavy atom. The Balaban J connectivity index is 0.974. The molecular formula is C35H30ClN5O3. The van der Waals surface area contributed by atoms with E-state index in [4.69, 9.17) is 11.6 Å². The van der Waals surface area contributed by atoms with Gasteiger partial charge in [0.25, 0.3) is 0 Å². The Morgan fingerprint density at radius 2 is 1.39 bits per heavy atom. The number of anilines is 1. The number of aryl methyl sites for hydroxylation is 1. The van der Waals surface area contributed by atoms with Crippen LogP contribution in [-0.4, -0.2) is 52.4 Å². The van der Waals surface area contributed by atoms with E-state index in [-0.39, 0.29) is 29.3 Å². The van der Waals surface area contributed by atoms with Gasteiger partial charge < -0.3 is 10.1 Å². The van der Waals surface area contributed by atoms with Crippen LogP contribution in [-0.2, 0) is 19.5 Å². The van der Waals surface area contributed by atoms with Gasteiger partial charge in [0.1, 0.15) is 0 Å². The molecule has 0 amide bonds. The maximum absolute atomic E-state index is 13.2. The fourth-order valence-electron chi connectivity index (χ4n) is 6.19. The average molecular weight is 604 g/mol. The first-order chi connectivity index (χ1) is 21.5. The van der Waals surface area contributed by atoms with Crippen molar-refractivity contribution < 1.29 is 14.5 Å². The van der Waals surface area contributed by atoms with E-state index in [1.807, 2.05) is 12.1 Å². The predicted molar refractivity (Wildman–Crippen MR) is 169 cm³/mol. The van der Waals surface area contributed by atoms with E-state index in [0.717, 1.165) is 49.0 Å². The molecule has 1 fully saturated rings. The number of piperazine rings is 1. The van der Waals surface area contributed by atoms with E-state index in [1.54, 1.807) is 24.3 Å². The molecule has 2 aliphatic rings. The van der Waals surface area contributed by atoms with Crippen molar-refractivity contribution in [2.45, 2.75) is 19.5 Å². The van der Waals surface area contributed by atoms with Crippen molar-refractivity contribution >= 4 is 28.9 Å². The molecule has 1 aliphatic heterocycles. The van der Waals surface area contributed by atoms with Crippen LogP contribution in [0, 0.1) is 5.21 Å². The fraction of sp³-hybridized carbons (Fsp3) is 0.200. The second-order valence-corrected chi connectivity index (χ2v) is 11.7. The summed E-state index contributed by atoms with van der Waals surface area (Å²) in [6.07, 6.45) is 0.523. The molecular weight excluding hydrogens is 574 g/mol. The van der Waals surface area contributed by atoms with Crippen LogP contribution >= 0.6 is 11.6 Å². The standard InChI is InChI=1S/C35H30ClN5O3/c36-27-13-11-25(12-14-27)29-6-2-1-5-26(29)23-38-19-21-39(22-20-38)28-15-9-24(10-16-28)17-18-40-33-32(37-41(40)44)34(42)30-7-3-4-8-31(30)35(33)43/h1-16H,17-23H2. The zero-order valence-electron chi connectivity index (χ0n) is 24.0. The molecule has 1 aliphatic carbocycles. The molecule has 2 heterocycles. The van der Waals surface area contributed by atoms with Gasteiger partial charge in [-0.2, -0.15) is 0 Å². The van der Waals surface area contributed by atoms with Gasteiger partial charge in [0.2, 0.25) is 17.3 Å². The number of aromatic nitrogens is 3. The van der Waals surface area contributed by atoms with Crippen LogP contribution in [0.4, 0.5) is 5.69 Å². The van der Waals surface area contributed by atoms with Gasteiger partial charge in [0.15, 0.2) is 5.69 Å². The van der Waals surface area contributed by atoms with E-state index in [0.29, 0.717) is 16.9 Å². The fourth-order valence-corrected chi connectivity index (χ4v) is 6.31. The molecule has 5 aromatic rings. The summed E-state index contributed by atoms with van der Waals surface area (Å²) in [6.45, 7) is 4.91. The molecule has 44 heavy (non-hydrogen) atoms. The van der Waals surface area contributed by atoms with E-state index in [9.17, 15) is 14.8 Å². The molecule has 0 unspecified atom stereocenters. The van der Waals surface area contributed by atoms with E-state index in [1.165, 1.54) is 21.4 Å². The Hall–Kier alpha value is -4.79. The van der Waals surface area contributed by atoms with Gasteiger partial charge in [0.05, 0.1) is 6.54 Å². The molecule has 1 aromatic heterocycles. The number of hydrogen-bond acceptors (Lipinski definition) is 6. The van der Waals surface area contributed by atoms with Gasteiger partial charge >= 0.3 is 0 Å². The van der Waals surface area contributed by atoms with Crippen molar-refractivity contribution in [1.82, 2.24) is 14.7 Å². The molecule has 220 valence electrons. The lowest BCUT2D eigenvalue weighted by Crippen LogP contribution is -2.46. The normalized spacial score (nSPS) is 14.9. The molecule has 0 radical (unpaired) electrons. The Morgan fingerprint density at radius 1 is 0.750 bits per heavy atom. The number of rotatable bonds is 7. The molecule has 4 aromatic carbocycles. The number of ketones is 2. The molecule has 0 saturated carbocycles. The summed E-state index contributed by atoms with van der Waals surface area (Å²) in [5.74, 6) is -0.742. The second-order valence-electron chi connectivity index (χ2n) is 11.2. The Bertz CT molecular complexity index is 1860. The predicted octanol–water partition coefficient (Wildman–Crippen LogP) is 5.18. The summed E-state index contributed by atoms with van der Waals surface area (Å²) < 4.78 is 1.27. The Kier molecular flexibility index (Phi) is 7.46. The van der Waals surface area contributed by atoms with E-state index < -0.39 is 5.78 Å². The summed E-state index contributed by atoms with van der Waals surface area (Å²) in [7, 11) is 0. The topological polar surface area (TPSA) is 85.4 Å². The lowest BCUT2D eigenvalue weighted by molar-refractivity contribution is -0.749. The third-order valence-corrected chi connectivity index (χ3v) is 8.83. The molecule has 9 heteroatoms. The van der Waals surface area contributed by atoms with Gasteiger partial charge in [-0.05, 0) is 52.9 Å². The monoisotopic (exact) mass is 603 g/mol. The third-order valence-electron chi connectivity index (χ3n) is 8.57. The number of benzene rings is 4. The first-order valence-corrected chi connectivity index (χ1v) is 15.1. The molecule has 7 rings (SSSR count). The van der Waals surface area contributed by atoms with Gasteiger partial charge in [-0.25, -0.2) is 0 Å². The van der Waals surface area contributed by atoms with Crippen LogP contribution in [0.25, 0.3) is 11.1 Å². The number of halogens is 1. The largest absolute Gasteiger partial charge is 0.571 e. The summed E-state index contributed by atoms with van der Waals surface area (Å²) in [5, 5.41) is 17.2. The lowest BCUT2D eigenvalue weighted by atomic mass is 9.90. The van der Waals surface area contributed by atoms with Gasteiger partial charge in [-0.1, -0.05) is 84.4 Å². The SMILES string of the molecule is O=C1c2ccccc2C(=O)c2c1n[n+]([O-])n2CCc1ccc(N2CCN(Cc3ccccc3-c3ccc(Cl)cc3)CC2)cc1. The first-order valence-electron chi connectivity index (χ1n) is 14.8. The van der Waals surface area contributed by atoms with Crippen molar-refractivity contribution in [2.75, 3.05) is 31.1 Å². The zero-order valence-corrected chi connectivity index (χ0v) is 24.8. The summed E-state index contributed by atoms with van der Waals surface area (Å²) in [5.41, 5.74) is 6.49. The van der Waals surface area contributed by atoms with E-state index >= 15 is 0 Å². The number of nitrogens with zero attached hydrogens (tertiary/aromatic N) is 5. The van der Waals surface area contributed by atoms with Crippen molar-refractivity contribution in [3.63, 3.8) is 0 Å². The maximum Gasteiger partial charge on any atom is 0.220 e. The van der Waals surface area contributed by atoms with Crippen LogP contribution in [0.3, 0.4) is 0 Å². The van der Waals surface area contributed by atoms with Crippen LogP contribution < -0.4 is 9.86 Å². The first kappa shape index (κ1) is 28.0. The van der Waals surface area contributed by atoms with Crippen molar-refractivity contribution in [3.05, 3.63) is 141 Å². The molecule has 0 N–H and O–H groups in total. The van der Waals surface area contributed by atoms with Crippen molar-refractivity contribution in [3.8, 4) is 11.1 Å². The highest BCUT2D eigenvalue weighted by Crippen LogP contribution is 2.28. The summed E-state index contributed by atoms with van der Waals surface area (Å²) >= 11 is 6.11. The lowest BCUT2D eigenvalue weighted by Gasteiger charge is -2.36. The highest BCUT2D eigenvalue weighted by atomic mass is 35.5. The summed E-state index contributed by atoms with van der Waals surface area (Å²) in [4.78, 5) is 31.3. The highest BCUT2D eigenvalue weighted by Gasteiger charge is 2.39. The van der Waals surface area contributed by atoms with Crippen LogP contribution in [0.5, 0.6) is 0 Å². The molecule has 0 bridgehead atoms. The number of carbonyl (C=O) groups is 2. The number of fused-ring (bicyclic) bond motifs is 2. The smallest absolute Gasteiger partial charge is 0.220 e. The van der Waals surface area contributed by atoms with Crippen molar-refractivity contribution in [1.29, 1.82) is 0 Å². The number of hydrogen-bond donors (Lipinski definition) is 0. The molecule has 1 saturated heterocycles. The zero-order chi connectivity index (χ0) is 30.2. The average Bonchev–Trinajstić information content (AvgIpc) is 3.40. The quantitative estimate of drug-likeness (QED) is 0.185. The highest BCUT2D eigenvalue weighted by molar-refractivity contribution is 6.30. The summed E-state index contributed by atoms with van der Waals surface area (Å²) in [6, 6.07) is 31.5. The minimum absolute atomic E-state index is 0.0639. The van der Waals surface area contributed by atoms with Gasteiger partial charge in [0, 0.05) is 64.6 Å². The molecule has 0 atom stereocenters. The Labute approximate surface area is 260 Å². The minimum atomic E-state index is -0.395. The van der Waals surface area contributed by atoms with E-state index in [2.05, 4.69) is 75.6 Å². The van der Waals surface area contributed by atoms with Crippen LogP contribution in [0.1, 0.15) is 43.2 Å². The minimum Gasteiger partial charge on any atom is -0.571 e. The second kappa shape index (κ2) is 11.7.